The van der Waals surface area contributed by atoms with Crippen LogP contribution in [0, 0.1) is 0 Å². The predicted molar refractivity (Wildman–Crippen MR) is 80.7 cm³/mol. The molecule has 3 aromatic rings. The van der Waals surface area contributed by atoms with E-state index in [9.17, 15) is 18.0 Å². The molecule has 3 heterocycles. The van der Waals surface area contributed by atoms with E-state index in [1.165, 1.54) is 12.4 Å². The van der Waals surface area contributed by atoms with Gasteiger partial charge in [0.1, 0.15) is 12.2 Å². The van der Waals surface area contributed by atoms with Crippen LogP contribution in [0.5, 0.6) is 0 Å². The highest BCUT2D eigenvalue weighted by atomic mass is 19.4. The van der Waals surface area contributed by atoms with Gasteiger partial charge in [-0.2, -0.15) is 23.4 Å². The lowest BCUT2D eigenvalue weighted by Gasteiger charge is -2.22. The van der Waals surface area contributed by atoms with Crippen molar-refractivity contribution in [3.63, 3.8) is 0 Å². The van der Waals surface area contributed by atoms with Crippen molar-refractivity contribution in [2.24, 2.45) is 0 Å². The Kier molecular flexibility index (Phi) is 3.48. The van der Waals surface area contributed by atoms with E-state index in [1.54, 1.807) is 4.68 Å². The smallest absolute Gasteiger partial charge is 0.347 e. The van der Waals surface area contributed by atoms with Gasteiger partial charge in [-0.1, -0.05) is 0 Å². The van der Waals surface area contributed by atoms with Gasteiger partial charge in [0, 0.05) is 24.4 Å². The number of hydrogen-bond donors (Lipinski definition) is 2. The molecule has 0 spiro atoms. The number of H-pyrrole nitrogens is 1. The summed E-state index contributed by atoms with van der Waals surface area (Å²) in [6, 6.07) is 2.99. The molecule has 4 rings (SSSR count). The lowest BCUT2D eigenvalue weighted by molar-refractivity contribution is -0.137. The second-order valence-electron chi connectivity index (χ2n) is 5.89. The monoisotopic (exact) mass is 350 g/mol. The number of alkyl halides is 3. The van der Waals surface area contributed by atoms with Gasteiger partial charge in [-0.05, 0) is 24.6 Å². The van der Waals surface area contributed by atoms with Crippen LogP contribution in [-0.4, -0.2) is 36.9 Å². The van der Waals surface area contributed by atoms with Gasteiger partial charge in [0.15, 0.2) is 5.69 Å². The Bertz CT molecular complexity index is 944. The minimum Gasteiger partial charge on any atom is -0.347 e. The molecule has 7 nitrogen and oxygen atoms in total. The SMILES string of the molecule is O=C(NC1CCn2ncnc2C1)c1n[nH]c2ccc(C(F)(F)F)cc12. The van der Waals surface area contributed by atoms with Gasteiger partial charge in [0.2, 0.25) is 0 Å². The first-order valence-corrected chi connectivity index (χ1v) is 7.64. The van der Waals surface area contributed by atoms with Gasteiger partial charge in [-0.3, -0.25) is 9.89 Å². The number of hydrogen-bond acceptors (Lipinski definition) is 4. The van der Waals surface area contributed by atoms with Crippen LogP contribution in [0.25, 0.3) is 10.9 Å². The maximum Gasteiger partial charge on any atom is 0.416 e. The maximum atomic E-state index is 12.9. The van der Waals surface area contributed by atoms with Crippen LogP contribution in [0.4, 0.5) is 13.2 Å². The Labute approximate surface area is 139 Å². The summed E-state index contributed by atoms with van der Waals surface area (Å²) in [6.07, 6.45) is -1.84. The highest BCUT2D eigenvalue weighted by Crippen LogP contribution is 2.31. The highest BCUT2D eigenvalue weighted by Gasteiger charge is 2.31. The van der Waals surface area contributed by atoms with Gasteiger partial charge in [-0.15, -0.1) is 0 Å². The quantitative estimate of drug-likeness (QED) is 0.739. The zero-order chi connectivity index (χ0) is 17.6. The summed E-state index contributed by atoms with van der Waals surface area (Å²) in [5.74, 6) is 0.256. The van der Waals surface area contributed by atoms with Gasteiger partial charge in [0.05, 0.1) is 11.1 Å². The summed E-state index contributed by atoms with van der Waals surface area (Å²) in [4.78, 5) is 16.6. The number of amides is 1. The number of aromatic nitrogens is 5. The highest BCUT2D eigenvalue weighted by molar-refractivity contribution is 6.04. The van der Waals surface area contributed by atoms with Gasteiger partial charge >= 0.3 is 6.18 Å². The molecular weight excluding hydrogens is 337 g/mol. The first-order chi connectivity index (χ1) is 11.9. The summed E-state index contributed by atoms with van der Waals surface area (Å²) in [5.41, 5.74) is -0.490. The molecule has 1 aromatic carbocycles. The molecule has 1 aliphatic heterocycles. The van der Waals surface area contributed by atoms with E-state index in [2.05, 4.69) is 25.6 Å². The largest absolute Gasteiger partial charge is 0.416 e. The molecule has 25 heavy (non-hydrogen) atoms. The standard InChI is InChI=1S/C15H13F3N6O/c16-15(17,18)8-1-2-11-10(5-8)13(23-22-11)14(25)21-9-3-4-24-12(6-9)19-7-20-24/h1-2,5,7,9H,3-4,6H2,(H,21,25)(H,22,23). The fourth-order valence-corrected chi connectivity index (χ4v) is 2.97. The number of fused-ring (bicyclic) bond motifs is 2. The summed E-state index contributed by atoms with van der Waals surface area (Å²) in [6.45, 7) is 0.625. The Morgan fingerprint density at radius 1 is 1.36 bits per heavy atom. The maximum absolute atomic E-state index is 12.9. The summed E-state index contributed by atoms with van der Waals surface area (Å²) in [5, 5.41) is 13.5. The summed E-state index contributed by atoms with van der Waals surface area (Å²) in [7, 11) is 0. The second-order valence-corrected chi connectivity index (χ2v) is 5.89. The van der Waals surface area contributed by atoms with Crippen molar-refractivity contribution in [1.29, 1.82) is 0 Å². The van der Waals surface area contributed by atoms with Gasteiger partial charge in [0.25, 0.3) is 5.91 Å². The second kappa shape index (κ2) is 5.57. The number of carbonyl (C=O) groups is 1. The predicted octanol–water partition coefficient (Wildman–Crippen LogP) is 1.92. The molecule has 0 saturated carbocycles. The molecule has 1 amide bonds. The molecular formula is C15H13F3N6O. The third-order valence-electron chi connectivity index (χ3n) is 4.25. The van der Waals surface area contributed by atoms with Crippen LogP contribution < -0.4 is 5.32 Å². The topological polar surface area (TPSA) is 88.5 Å². The number of nitrogens with one attached hydrogen (secondary N) is 2. The average Bonchev–Trinajstić information content (AvgIpc) is 3.19. The fourth-order valence-electron chi connectivity index (χ4n) is 2.97. The van der Waals surface area contributed by atoms with E-state index in [0.717, 1.165) is 18.0 Å². The Balaban J connectivity index is 1.58. The number of aromatic amines is 1. The van der Waals surface area contributed by atoms with Crippen molar-refractivity contribution in [3.8, 4) is 0 Å². The van der Waals surface area contributed by atoms with E-state index in [-0.39, 0.29) is 17.1 Å². The first kappa shape index (κ1) is 15.6. The molecule has 2 aromatic heterocycles. The number of halogens is 3. The number of rotatable bonds is 2. The third kappa shape index (κ3) is 2.83. The van der Waals surface area contributed by atoms with Crippen LogP contribution in [0.15, 0.2) is 24.5 Å². The molecule has 0 saturated heterocycles. The van der Waals surface area contributed by atoms with Crippen LogP contribution >= 0.6 is 0 Å². The minimum absolute atomic E-state index is 0.0480. The van der Waals surface area contributed by atoms with Crippen molar-refractivity contribution in [1.82, 2.24) is 30.3 Å². The average molecular weight is 350 g/mol. The molecule has 1 unspecified atom stereocenters. The van der Waals surface area contributed by atoms with Crippen LogP contribution in [0.2, 0.25) is 0 Å². The molecule has 130 valence electrons. The molecule has 0 bridgehead atoms. The van der Waals surface area contributed by atoms with Crippen molar-refractivity contribution < 1.29 is 18.0 Å². The minimum atomic E-state index is -4.48. The zero-order valence-corrected chi connectivity index (χ0v) is 12.8. The van der Waals surface area contributed by atoms with Crippen molar-refractivity contribution in [3.05, 3.63) is 41.6 Å². The Morgan fingerprint density at radius 2 is 2.20 bits per heavy atom. The van der Waals surface area contributed by atoms with Crippen molar-refractivity contribution >= 4 is 16.8 Å². The first-order valence-electron chi connectivity index (χ1n) is 7.64. The molecule has 2 N–H and O–H groups in total. The molecule has 1 aliphatic rings. The van der Waals surface area contributed by atoms with Crippen molar-refractivity contribution in [2.45, 2.75) is 31.6 Å². The van der Waals surface area contributed by atoms with E-state index in [0.29, 0.717) is 24.9 Å². The molecule has 10 heteroatoms. The summed E-state index contributed by atoms with van der Waals surface area (Å²) >= 11 is 0. The lowest BCUT2D eigenvalue weighted by Crippen LogP contribution is -2.40. The summed E-state index contributed by atoms with van der Waals surface area (Å²) < 4.78 is 40.4. The molecule has 1 atom stereocenters. The fraction of sp³-hybridized carbons (Fsp3) is 0.333. The normalized spacial score (nSPS) is 17.5. The number of nitrogens with zero attached hydrogens (tertiary/aromatic N) is 4. The molecule has 0 aliphatic carbocycles. The number of benzene rings is 1. The molecule has 0 radical (unpaired) electrons. The number of aryl methyl sites for hydroxylation is 1. The van der Waals surface area contributed by atoms with Crippen LogP contribution in [0.1, 0.15) is 28.3 Å². The van der Waals surface area contributed by atoms with E-state index >= 15 is 0 Å². The lowest BCUT2D eigenvalue weighted by atomic mass is 10.1. The Morgan fingerprint density at radius 3 is 3.00 bits per heavy atom. The van der Waals surface area contributed by atoms with Crippen molar-refractivity contribution in [2.75, 3.05) is 0 Å². The Hall–Kier alpha value is -2.91. The van der Waals surface area contributed by atoms with E-state index in [4.69, 9.17) is 0 Å². The van der Waals surface area contributed by atoms with Crippen LogP contribution in [-0.2, 0) is 19.1 Å². The zero-order valence-electron chi connectivity index (χ0n) is 12.8. The van der Waals surface area contributed by atoms with E-state index in [1.807, 2.05) is 0 Å². The third-order valence-corrected chi connectivity index (χ3v) is 4.25. The van der Waals surface area contributed by atoms with Gasteiger partial charge in [-0.25, -0.2) is 9.67 Å². The number of carbonyl (C=O) groups excluding carboxylic acids is 1. The van der Waals surface area contributed by atoms with E-state index < -0.39 is 17.6 Å². The van der Waals surface area contributed by atoms with Gasteiger partial charge < -0.3 is 5.32 Å². The van der Waals surface area contributed by atoms with Crippen LogP contribution in [0.3, 0.4) is 0 Å². The molecule has 0 fully saturated rings.